The molecule has 1 aliphatic heterocycles. The minimum atomic E-state index is -0.384. The molecule has 2 aromatic heterocycles. The number of halogens is 1. The van der Waals surface area contributed by atoms with Crippen LogP contribution in [0.2, 0.25) is 0 Å². The molecule has 3 aromatic rings. The summed E-state index contributed by atoms with van der Waals surface area (Å²) in [6.07, 6.45) is 2.95. The molecule has 154 valence electrons. The number of nitrogens with one attached hydrogen (secondary N) is 1. The Kier molecular flexibility index (Phi) is 5.99. The molecule has 6 nitrogen and oxygen atoms in total. The monoisotopic (exact) mass is 406 g/mol. The summed E-state index contributed by atoms with van der Waals surface area (Å²) in [7, 11) is 0. The van der Waals surface area contributed by atoms with Gasteiger partial charge in [-0.15, -0.1) is 0 Å². The molecular formula is C23H23FN4O2. The lowest BCUT2D eigenvalue weighted by molar-refractivity contribution is -0.138. The van der Waals surface area contributed by atoms with E-state index in [4.69, 9.17) is 4.74 Å². The largest absolute Gasteiger partial charge is 0.368 e. The number of hydrogen-bond acceptors (Lipinski definition) is 5. The second kappa shape index (κ2) is 9.00. The molecule has 3 heterocycles. The number of pyridine rings is 2. The molecule has 1 aromatic carbocycles. The Morgan fingerprint density at radius 2 is 1.97 bits per heavy atom. The predicted octanol–water partition coefficient (Wildman–Crippen LogP) is 3.81. The van der Waals surface area contributed by atoms with Crippen LogP contribution in [0.15, 0.2) is 60.9 Å². The van der Waals surface area contributed by atoms with Crippen LogP contribution in [-0.2, 0) is 16.0 Å². The Morgan fingerprint density at radius 3 is 2.67 bits per heavy atom. The second-order valence-electron chi connectivity index (χ2n) is 7.32. The molecule has 1 saturated heterocycles. The summed E-state index contributed by atoms with van der Waals surface area (Å²) in [6, 6.07) is 14.7. The molecule has 4 rings (SSSR count). The molecule has 7 heteroatoms. The minimum Gasteiger partial charge on any atom is -0.368 e. The van der Waals surface area contributed by atoms with Crippen molar-refractivity contribution in [2.45, 2.75) is 19.4 Å². The zero-order valence-electron chi connectivity index (χ0n) is 16.7. The van der Waals surface area contributed by atoms with E-state index >= 15 is 0 Å². The molecular weight excluding hydrogens is 383 g/mol. The van der Waals surface area contributed by atoms with Crippen molar-refractivity contribution in [2.75, 3.05) is 25.0 Å². The fourth-order valence-electron chi connectivity index (χ4n) is 3.31. The molecule has 0 aliphatic carbocycles. The van der Waals surface area contributed by atoms with E-state index in [1.54, 1.807) is 12.3 Å². The zero-order valence-corrected chi connectivity index (χ0v) is 16.7. The van der Waals surface area contributed by atoms with Gasteiger partial charge in [0.25, 0.3) is 0 Å². The van der Waals surface area contributed by atoms with E-state index in [1.807, 2.05) is 48.2 Å². The van der Waals surface area contributed by atoms with Crippen molar-refractivity contribution in [1.29, 1.82) is 0 Å². The zero-order chi connectivity index (χ0) is 20.9. The Morgan fingerprint density at radius 1 is 1.13 bits per heavy atom. The van der Waals surface area contributed by atoms with Gasteiger partial charge in [0.15, 0.2) is 0 Å². The third kappa shape index (κ3) is 4.99. The highest BCUT2D eigenvalue weighted by Crippen LogP contribution is 2.23. The molecule has 30 heavy (non-hydrogen) atoms. The number of carbonyl (C=O) groups excluding carboxylic acids is 1. The molecule has 0 unspecified atom stereocenters. The molecule has 0 saturated carbocycles. The van der Waals surface area contributed by atoms with Gasteiger partial charge in [0.1, 0.15) is 17.7 Å². The van der Waals surface area contributed by atoms with E-state index in [2.05, 4.69) is 15.3 Å². The fourth-order valence-corrected chi connectivity index (χ4v) is 3.31. The van der Waals surface area contributed by atoms with Crippen LogP contribution in [0, 0.1) is 12.7 Å². The number of anilines is 2. The molecule has 1 amide bonds. The van der Waals surface area contributed by atoms with Gasteiger partial charge in [-0.05, 0) is 36.8 Å². The first-order valence-electron chi connectivity index (χ1n) is 9.86. The third-order valence-corrected chi connectivity index (χ3v) is 5.01. The van der Waals surface area contributed by atoms with Gasteiger partial charge in [0.05, 0.1) is 43.3 Å². The van der Waals surface area contributed by atoms with E-state index in [1.165, 1.54) is 11.6 Å². The summed E-state index contributed by atoms with van der Waals surface area (Å²) in [5.74, 6) is 0.241. The van der Waals surface area contributed by atoms with Gasteiger partial charge in [0.2, 0.25) is 5.91 Å². The number of hydrogen-bond donors (Lipinski definition) is 1. The number of rotatable bonds is 5. The van der Waals surface area contributed by atoms with Crippen molar-refractivity contribution in [3.63, 3.8) is 0 Å². The van der Waals surface area contributed by atoms with Crippen LogP contribution < -0.4 is 5.32 Å². The number of morpholine rings is 1. The van der Waals surface area contributed by atoms with E-state index in [-0.39, 0.29) is 17.8 Å². The van der Waals surface area contributed by atoms with Crippen molar-refractivity contribution in [3.8, 4) is 0 Å². The first kappa shape index (κ1) is 20.0. The summed E-state index contributed by atoms with van der Waals surface area (Å²) in [6.45, 7) is 3.56. The summed E-state index contributed by atoms with van der Waals surface area (Å²) in [5.41, 5.74) is 3.69. The smallest absolute Gasteiger partial charge is 0.227 e. The van der Waals surface area contributed by atoms with Crippen LogP contribution in [0.4, 0.5) is 15.9 Å². The quantitative estimate of drug-likeness (QED) is 0.698. The molecule has 0 spiro atoms. The fraction of sp³-hybridized carbons (Fsp3) is 0.261. The van der Waals surface area contributed by atoms with E-state index < -0.39 is 0 Å². The van der Waals surface area contributed by atoms with E-state index in [9.17, 15) is 9.18 Å². The number of amides is 1. The van der Waals surface area contributed by atoms with Crippen molar-refractivity contribution < 1.29 is 13.9 Å². The van der Waals surface area contributed by atoms with Gasteiger partial charge < -0.3 is 15.0 Å². The van der Waals surface area contributed by atoms with E-state index in [0.29, 0.717) is 31.9 Å². The highest BCUT2D eigenvalue weighted by molar-refractivity contribution is 5.79. The van der Waals surface area contributed by atoms with Crippen LogP contribution in [-0.4, -0.2) is 40.5 Å². The van der Waals surface area contributed by atoms with Crippen molar-refractivity contribution in [2.24, 2.45) is 0 Å². The number of aryl methyl sites for hydroxylation is 1. The Balaban J connectivity index is 1.37. The normalized spacial score (nSPS) is 16.3. The summed E-state index contributed by atoms with van der Waals surface area (Å²) < 4.78 is 18.8. The maximum absolute atomic E-state index is 13.0. The van der Waals surface area contributed by atoms with Crippen molar-refractivity contribution in [1.82, 2.24) is 14.9 Å². The second-order valence-corrected chi connectivity index (χ2v) is 7.32. The minimum absolute atomic E-state index is 0.0906. The average molecular weight is 406 g/mol. The van der Waals surface area contributed by atoms with Crippen LogP contribution in [0.5, 0.6) is 0 Å². The van der Waals surface area contributed by atoms with Crippen LogP contribution in [0.1, 0.15) is 22.9 Å². The molecule has 1 aliphatic rings. The highest BCUT2D eigenvalue weighted by atomic mass is 19.1. The van der Waals surface area contributed by atoms with Crippen LogP contribution in [0.3, 0.4) is 0 Å². The average Bonchev–Trinajstić information content (AvgIpc) is 2.77. The lowest BCUT2D eigenvalue weighted by Gasteiger charge is -2.32. The van der Waals surface area contributed by atoms with Crippen LogP contribution in [0.25, 0.3) is 0 Å². The molecule has 0 bridgehead atoms. The highest BCUT2D eigenvalue weighted by Gasteiger charge is 2.26. The first-order chi connectivity index (χ1) is 14.6. The summed E-state index contributed by atoms with van der Waals surface area (Å²) in [4.78, 5) is 23.0. The number of benzene rings is 1. The number of ether oxygens (including phenoxy) is 1. The van der Waals surface area contributed by atoms with Gasteiger partial charge in [-0.1, -0.05) is 29.8 Å². The Labute approximate surface area is 174 Å². The van der Waals surface area contributed by atoms with Gasteiger partial charge in [-0.25, -0.2) is 9.37 Å². The van der Waals surface area contributed by atoms with Gasteiger partial charge in [-0.2, -0.15) is 0 Å². The molecule has 0 radical (unpaired) electrons. The predicted molar refractivity (Wildman–Crippen MR) is 112 cm³/mol. The van der Waals surface area contributed by atoms with Gasteiger partial charge in [0, 0.05) is 6.54 Å². The number of carbonyl (C=O) groups is 1. The molecule has 1 fully saturated rings. The van der Waals surface area contributed by atoms with Gasteiger partial charge in [-0.3, -0.25) is 9.78 Å². The number of aromatic nitrogens is 2. The topological polar surface area (TPSA) is 67.3 Å². The lowest BCUT2D eigenvalue weighted by Crippen LogP contribution is -2.43. The number of nitrogens with zero attached hydrogens (tertiary/aromatic N) is 3. The van der Waals surface area contributed by atoms with Crippen LogP contribution >= 0.6 is 0 Å². The van der Waals surface area contributed by atoms with E-state index in [0.717, 1.165) is 23.1 Å². The lowest BCUT2D eigenvalue weighted by atomic mass is 10.1. The van der Waals surface area contributed by atoms with Crippen molar-refractivity contribution in [3.05, 3.63) is 83.6 Å². The molecule has 1 N–H and O–H groups in total. The summed E-state index contributed by atoms with van der Waals surface area (Å²) in [5, 5.41) is 3.07. The molecule has 1 atom stereocenters. The Hall–Kier alpha value is -3.32. The van der Waals surface area contributed by atoms with Gasteiger partial charge >= 0.3 is 0 Å². The first-order valence-corrected chi connectivity index (χ1v) is 9.86. The Bertz CT molecular complexity index is 991. The SMILES string of the molecule is Cc1ccc(CC(=O)N2CCO[C@@H](c3ccc(Nc4ccc(F)cn4)cn3)C2)cc1. The summed E-state index contributed by atoms with van der Waals surface area (Å²) >= 11 is 0. The van der Waals surface area contributed by atoms with Crippen molar-refractivity contribution >= 4 is 17.4 Å². The maximum Gasteiger partial charge on any atom is 0.227 e. The third-order valence-electron chi connectivity index (χ3n) is 5.01. The standard InChI is InChI=1S/C23H23FN4O2/c1-16-2-4-17(5-3-16)12-23(29)28-10-11-30-21(15-28)20-8-7-19(14-25-20)27-22-9-6-18(24)13-26-22/h2-9,13-14,21H,10-12,15H2,1H3,(H,26,27)/t21-/m1/s1. The maximum atomic E-state index is 13.0.